The summed E-state index contributed by atoms with van der Waals surface area (Å²) in [6.07, 6.45) is 1.17. The average Bonchev–Trinajstić information content (AvgIpc) is 3.22. The number of para-hydroxylation sites is 1. The molecule has 0 amide bonds. The number of Topliss-reactive ketones (excluding diaryl/α,β-unsaturated/α-hetero) is 1. The number of nitrogens with zero attached hydrogens (tertiary/aromatic N) is 1. The molecule has 3 aromatic carbocycles. The number of fused-ring (bicyclic) bond motifs is 1. The summed E-state index contributed by atoms with van der Waals surface area (Å²) < 4.78 is 7.65. The number of H-pyrrole nitrogens is 1. The normalized spacial score (nSPS) is 18.1. The van der Waals surface area contributed by atoms with Crippen molar-refractivity contribution in [3.05, 3.63) is 123 Å². The van der Waals surface area contributed by atoms with Crippen LogP contribution in [0.3, 0.4) is 0 Å². The van der Waals surface area contributed by atoms with Gasteiger partial charge in [0.25, 0.3) is 5.56 Å². The fourth-order valence-electron chi connectivity index (χ4n) is 5.51. The number of anilines is 1. The molecule has 2 heterocycles. The SMILES string of the molecule is CC1(C)CC(=O)C2=C(C1)Nc1[nH]n(-c3ccccc3)c(=O)c1C2c1cccc(OCc2ccccc2)c1. The summed E-state index contributed by atoms with van der Waals surface area (Å²) >= 11 is 0. The van der Waals surface area contributed by atoms with Gasteiger partial charge in [-0.1, -0.05) is 74.5 Å². The standard InChI is InChI=1S/C31H29N3O3/c1-31(2)17-24-27(25(35)18-31)26(21-12-9-15-23(16-21)37-19-20-10-5-3-6-11-20)28-29(32-24)33-34(30(28)36)22-13-7-4-8-14-22/h3-16,26,32-33H,17-19H2,1-2H3. The van der Waals surface area contributed by atoms with Crippen molar-refractivity contribution in [3.63, 3.8) is 0 Å². The van der Waals surface area contributed by atoms with E-state index in [9.17, 15) is 9.59 Å². The van der Waals surface area contributed by atoms with Crippen molar-refractivity contribution in [3.8, 4) is 11.4 Å². The smallest absolute Gasteiger partial charge is 0.277 e. The summed E-state index contributed by atoms with van der Waals surface area (Å²) in [6.45, 7) is 4.65. The third kappa shape index (κ3) is 4.29. The van der Waals surface area contributed by atoms with E-state index in [1.165, 1.54) is 0 Å². The fraction of sp³-hybridized carbons (Fsp3) is 0.226. The second-order valence-corrected chi connectivity index (χ2v) is 10.6. The molecule has 0 radical (unpaired) electrons. The molecule has 6 rings (SSSR count). The van der Waals surface area contributed by atoms with Crippen LogP contribution >= 0.6 is 0 Å². The molecule has 37 heavy (non-hydrogen) atoms. The van der Waals surface area contributed by atoms with Crippen molar-refractivity contribution in [2.75, 3.05) is 5.32 Å². The molecular weight excluding hydrogens is 462 g/mol. The number of hydrogen-bond acceptors (Lipinski definition) is 4. The van der Waals surface area contributed by atoms with Crippen LogP contribution in [0.25, 0.3) is 5.69 Å². The van der Waals surface area contributed by atoms with Crippen LogP contribution in [-0.2, 0) is 11.4 Å². The Balaban J connectivity index is 1.46. The van der Waals surface area contributed by atoms with E-state index in [1.54, 1.807) is 4.68 Å². The predicted octanol–water partition coefficient (Wildman–Crippen LogP) is 5.95. The van der Waals surface area contributed by atoms with Gasteiger partial charge in [0.2, 0.25) is 0 Å². The van der Waals surface area contributed by atoms with Gasteiger partial charge in [0.15, 0.2) is 5.78 Å². The lowest BCUT2D eigenvalue weighted by molar-refractivity contribution is -0.118. The van der Waals surface area contributed by atoms with Crippen molar-refractivity contribution in [2.24, 2.45) is 5.41 Å². The molecule has 6 nitrogen and oxygen atoms in total. The third-order valence-corrected chi connectivity index (χ3v) is 7.15. The highest BCUT2D eigenvalue weighted by molar-refractivity contribution is 6.01. The summed E-state index contributed by atoms with van der Waals surface area (Å²) in [5.41, 5.74) is 4.47. The Morgan fingerprint density at radius 3 is 2.41 bits per heavy atom. The molecule has 4 aromatic rings. The summed E-state index contributed by atoms with van der Waals surface area (Å²) in [5.74, 6) is 0.936. The molecule has 0 saturated heterocycles. The van der Waals surface area contributed by atoms with Crippen molar-refractivity contribution < 1.29 is 9.53 Å². The number of ether oxygens (including phenoxy) is 1. The highest BCUT2D eigenvalue weighted by atomic mass is 16.5. The molecule has 1 aromatic heterocycles. The molecule has 0 spiro atoms. The summed E-state index contributed by atoms with van der Waals surface area (Å²) in [5, 5.41) is 6.70. The number of nitrogens with one attached hydrogen (secondary N) is 2. The van der Waals surface area contributed by atoms with E-state index in [0.29, 0.717) is 35.7 Å². The second-order valence-electron chi connectivity index (χ2n) is 10.6. The van der Waals surface area contributed by atoms with Gasteiger partial charge in [-0.15, -0.1) is 0 Å². The molecule has 6 heteroatoms. The number of ketones is 1. The number of benzene rings is 3. The third-order valence-electron chi connectivity index (χ3n) is 7.15. The van der Waals surface area contributed by atoms with Gasteiger partial charge in [-0.3, -0.25) is 14.7 Å². The molecule has 2 N–H and O–H groups in total. The minimum Gasteiger partial charge on any atom is -0.489 e. The van der Waals surface area contributed by atoms with E-state index in [1.807, 2.05) is 84.9 Å². The Labute approximate surface area is 215 Å². The van der Waals surface area contributed by atoms with Gasteiger partial charge >= 0.3 is 0 Å². The number of aromatic amines is 1. The fourth-order valence-corrected chi connectivity index (χ4v) is 5.51. The largest absolute Gasteiger partial charge is 0.489 e. The van der Waals surface area contributed by atoms with Gasteiger partial charge in [0, 0.05) is 23.6 Å². The lowest BCUT2D eigenvalue weighted by Gasteiger charge is -2.37. The maximum Gasteiger partial charge on any atom is 0.277 e. The van der Waals surface area contributed by atoms with Crippen LogP contribution in [0.4, 0.5) is 5.82 Å². The first-order valence-electron chi connectivity index (χ1n) is 12.6. The van der Waals surface area contributed by atoms with Gasteiger partial charge in [-0.25, -0.2) is 4.68 Å². The van der Waals surface area contributed by atoms with Crippen molar-refractivity contribution >= 4 is 11.6 Å². The van der Waals surface area contributed by atoms with E-state index in [-0.39, 0.29) is 16.8 Å². The Kier molecular flexibility index (Phi) is 5.60. The molecule has 186 valence electrons. The van der Waals surface area contributed by atoms with E-state index < -0.39 is 5.92 Å². The Bertz CT molecular complexity index is 1560. The lowest BCUT2D eigenvalue weighted by atomic mass is 9.69. The van der Waals surface area contributed by atoms with E-state index in [0.717, 1.165) is 28.9 Å². The van der Waals surface area contributed by atoms with Gasteiger partial charge < -0.3 is 10.1 Å². The monoisotopic (exact) mass is 491 g/mol. The van der Waals surface area contributed by atoms with E-state index >= 15 is 0 Å². The Hall–Kier alpha value is -4.32. The van der Waals surface area contributed by atoms with Crippen LogP contribution in [0.1, 0.15) is 49.3 Å². The molecule has 0 bridgehead atoms. The second kappa shape index (κ2) is 8.96. The van der Waals surface area contributed by atoms with Crippen LogP contribution < -0.4 is 15.6 Å². The van der Waals surface area contributed by atoms with Crippen LogP contribution in [0.15, 0.2) is 101 Å². The first-order valence-corrected chi connectivity index (χ1v) is 12.6. The zero-order valence-electron chi connectivity index (χ0n) is 21.0. The number of carbonyl (C=O) groups excluding carboxylic acids is 1. The first kappa shape index (κ1) is 23.1. The van der Waals surface area contributed by atoms with Crippen LogP contribution in [0.2, 0.25) is 0 Å². The molecule has 1 aliphatic heterocycles. The number of carbonyl (C=O) groups is 1. The van der Waals surface area contributed by atoms with Crippen molar-refractivity contribution in [2.45, 2.75) is 39.2 Å². The molecular formula is C31H29N3O3. The van der Waals surface area contributed by atoms with Gasteiger partial charge in [-0.05, 0) is 47.2 Å². The van der Waals surface area contributed by atoms with Crippen LogP contribution in [0, 0.1) is 5.41 Å². The maximum atomic E-state index is 13.8. The number of rotatable bonds is 5. The minimum absolute atomic E-state index is 0.0804. The molecule has 2 aliphatic rings. The van der Waals surface area contributed by atoms with Crippen LogP contribution in [0.5, 0.6) is 5.75 Å². The van der Waals surface area contributed by atoms with Gasteiger partial charge in [0.05, 0.1) is 11.3 Å². The quantitative estimate of drug-likeness (QED) is 0.362. The Morgan fingerprint density at radius 1 is 0.919 bits per heavy atom. The highest BCUT2D eigenvalue weighted by Gasteiger charge is 2.43. The first-order chi connectivity index (χ1) is 17.9. The number of aromatic nitrogens is 2. The zero-order valence-corrected chi connectivity index (χ0v) is 21.0. The van der Waals surface area contributed by atoms with Gasteiger partial charge in [0.1, 0.15) is 18.2 Å². The zero-order chi connectivity index (χ0) is 25.6. The van der Waals surface area contributed by atoms with Crippen molar-refractivity contribution in [1.82, 2.24) is 9.78 Å². The predicted molar refractivity (Wildman–Crippen MR) is 144 cm³/mol. The average molecular weight is 492 g/mol. The van der Waals surface area contributed by atoms with Crippen molar-refractivity contribution in [1.29, 1.82) is 0 Å². The summed E-state index contributed by atoms with van der Waals surface area (Å²) in [4.78, 5) is 27.4. The highest BCUT2D eigenvalue weighted by Crippen LogP contribution is 2.48. The maximum absolute atomic E-state index is 13.8. The Morgan fingerprint density at radius 2 is 1.65 bits per heavy atom. The minimum atomic E-state index is -0.483. The van der Waals surface area contributed by atoms with Crippen LogP contribution in [-0.4, -0.2) is 15.6 Å². The topological polar surface area (TPSA) is 76.1 Å². The summed E-state index contributed by atoms with van der Waals surface area (Å²) in [6, 6.07) is 27.3. The molecule has 0 fully saturated rings. The molecule has 1 atom stereocenters. The molecule has 1 unspecified atom stereocenters. The molecule has 1 aliphatic carbocycles. The van der Waals surface area contributed by atoms with E-state index in [2.05, 4.69) is 24.3 Å². The molecule has 0 saturated carbocycles. The van der Waals surface area contributed by atoms with E-state index in [4.69, 9.17) is 4.74 Å². The lowest BCUT2D eigenvalue weighted by Crippen LogP contribution is -2.35. The summed E-state index contributed by atoms with van der Waals surface area (Å²) in [7, 11) is 0. The number of allylic oxidation sites excluding steroid dienone is 2. The number of hydrogen-bond donors (Lipinski definition) is 2. The van der Waals surface area contributed by atoms with Gasteiger partial charge in [-0.2, -0.15) is 0 Å².